The highest BCUT2D eigenvalue weighted by Crippen LogP contribution is 2.18. The second kappa shape index (κ2) is 6.29. The van der Waals surface area contributed by atoms with Gasteiger partial charge >= 0.3 is 6.03 Å². The summed E-state index contributed by atoms with van der Waals surface area (Å²) in [5.74, 6) is -0.592. The number of nitrogens with zero attached hydrogens (tertiary/aromatic N) is 3. The van der Waals surface area contributed by atoms with Crippen molar-refractivity contribution in [2.45, 2.75) is 25.3 Å². The first kappa shape index (κ1) is 14.7. The van der Waals surface area contributed by atoms with Crippen molar-refractivity contribution in [1.82, 2.24) is 20.1 Å². The Morgan fingerprint density at radius 1 is 1.45 bits per heavy atom. The molecule has 0 saturated carbocycles. The minimum absolute atomic E-state index is 0.0361. The molecule has 0 spiro atoms. The maximum absolute atomic E-state index is 13.6. The molecule has 6 nitrogen and oxygen atoms in total. The van der Waals surface area contributed by atoms with E-state index in [1.807, 2.05) is 0 Å². The summed E-state index contributed by atoms with van der Waals surface area (Å²) >= 11 is 0. The average Bonchev–Trinajstić information content (AvgIpc) is 2.96. The molecular weight excluding hydrogens is 287 g/mol. The van der Waals surface area contributed by atoms with E-state index in [-0.39, 0.29) is 30.1 Å². The van der Waals surface area contributed by atoms with Gasteiger partial charge in [-0.2, -0.15) is 0 Å². The van der Waals surface area contributed by atoms with Crippen LogP contribution in [0.3, 0.4) is 0 Å². The van der Waals surface area contributed by atoms with Gasteiger partial charge in [-0.25, -0.2) is 9.18 Å². The van der Waals surface area contributed by atoms with Gasteiger partial charge in [0.05, 0.1) is 18.2 Å². The number of aromatic nitrogens is 1. The number of urea groups is 1. The Balaban J connectivity index is 1.63. The topological polar surface area (TPSA) is 65.5 Å². The lowest BCUT2D eigenvalue weighted by Crippen LogP contribution is -2.51. The Kier molecular flexibility index (Phi) is 4.22. The molecule has 1 N–H and O–H groups in total. The number of likely N-dealkylation sites (tertiary alicyclic amines) is 1. The van der Waals surface area contributed by atoms with Gasteiger partial charge in [-0.3, -0.25) is 9.78 Å². The summed E-state index contributed by atoms with van der Waals surface area (Å²) in [6, 6.07) is 2.80. The molecule has 22 heavy (non-hydrogen) atoms. The van der Waals surface area contributed by atoms with E-state index in [1.54, 1.807) is 9.80 Å². The first-order chi connectivity index (χ1) is 10.6. The number of rotatable bonds is 3. The van der Waals surface area contributed by atoms with Crippen LogP contribution in [0.5, 0.6) is 0 Å². The fourth-order valence-electron chi connectivity index (χ4n) is 3.07. The third-order valence-corrected chi connectivity index (χ3v) is 4.23. The molecule has 7 heteroatoms. The van der Waals surface area contributed by atoms with E-state index < -0.39 is 5.82 Å². The summed E-state index contributed by atoms with van der Waals surface area (Å²) in [5.41, 5.74) is 0.175. The number of amides is 3. The summed E-state index contributed by atoms with van der Waals surface area (Å²) in [4.78, 5) is 31.5. The zero-order valence-electron chi connectivity index (χ0n) is 12.3. The van der Waals surface area contributed by atoms with Gasteiger partial charge in [-0.05, 0) is 25.0 Å². The average molecular weight is 306 g/mol. The zero-order chi connectivity index (χ0) is 15.5. The highest BCUT2D eigenvalue weighted by Gasteiger charge is 2.32. The minimum atomic E-state index is -0.455. The van der Waals surface area contributed by atoms with Crippen LogP contribution in [-0.4, -0.2) is 58.9 Å². The van der Waals surface area contributed by atoms with E-state index in [0.717, 1.165) is 12.8 Å². The standard InChI is InChI=1S/C15H19FN4O2/c16-12-4-1-5-17-13(12)9-14(21)19-7-2-3-11(10-19)20-8-6-18-15(20)22/h1,4-5,11H,2-3,6-10H2,(H,18,22). The second-order valence-corrected chi connectivity index (χ2v) is 5.67. The quantitative estimate of drug-likeness (QED) is 0.897. The van der Waals surface area contributed by atoms with Gasteiger partial charge in [0.1, 0.15) is 5.82 Å². The number of halogens is 1. The first-order valence-electron chi connectivity index (χ1n) is 7.57. The number of piperidine rings is 1. The molecule has 0 aliphatic carbocycles. The van der Waals surface area contributed by atoms with Crippen molar-refractivity contribution in [2.75, 3.05) is 26.2 Å². The van der Waals surface area contributed by atoms with Crippen molar-refractivity contribution in [3.63, 3.8) is 0 Å². The third kappa shape index (κ3) is 3.03. The van der Waals surface area contributed by atoms with E-state index in [1.165, 1.54) is 18.3 Å². The Hall–Kier alpha value is -2.18. The number of hydrogen-bond acceptors (Lipinski definition) is 3. The highest BCUT2D eigenvalue weighted by molar-refractivity contribution is 5.79. The lowest BCUT2D eigenvalue weighted by Gasteiger charge is -2.37. The molecule has 1 aromatic rings. The van der Waals surface area contributed by atoms with Crippen LogP contribution in [0.4, 0.5) is 9.18 Å². The number of nitrogens with one attached hydrogen (secondary N) is 1. The van der Waals surface area contributed by atoms with Crippen molar-refractivity contribution < 1.29 is 14.0 Å². The summed E-state index contributed by atoms with van der Waals surface area (Å²) in [5, 5.41) is 2.78. The number of hydrogen-bond donors (Lipinski definition) is 1. The molecule has 3 heterocycles. The molecule has 2 aliphatic heterocycles. The van der Waals surface area contributed by atoms with Crippen LogP contribution in [0, 0.1) is 5.82 Å². The van der Waals surface area contributed by atoms with Crippen LogP contribution < -0.4 is 5.32 Å². The van der Waals surface area contributed by atoms with Crippen molar-refractivity contribution in [3.05, 3.63) is 29.8 Å². The van der Waals surface area contributed by atoms with Gasteiger partial charge in [-0.15, -0.1) is 0 Å². The molecule has 118 valence electrons. The molecule has 2 fully saturated rings. The molecule has 3 rings (SSSR count). The Morgan fingerprint density at radius 2 is 2.32 bits per heavy atom. The van der Waals surface area contributed by atoms with Crippen LogP contribution in [0.1, 0.15) is 18.5 Å². The van der Waals surface area contributed by atoms with Crippen molar-refractivity contribution in [2.24, 2.45) is 0 Å². The van der Waals surface area contributed by atoms with E-state index in [4.69, 9.17) is 0 Å². The maximum atomic E-state index is 13.6. The van der Waals surface area contributed by atoms with Crippen molar-refractivity contribution >= 4 is 11.9 Å². The van der Waals surface area contributed by atoms with Crippen molar-refractivity contribution in [1.29, 1.82) is 0 Å². The van der Waals surface area contributed by atoms with Gasteiger partial charge in [0.2, 0.25) is 5.91 Å². The molecule has 3 amide bonds. The molecular formula is C15H19FN4O2. The molecule has 0 bridgehead atoms. The van der Waals surface area contributed by atoms with E-state index in [9.17, 15) is 14.0 Å². The maximum Gasteiger partial charge on any atom is 0.317 e. The van der Waals surface area contributed by atoms with Crippen LogP contribution in [0.2, 0.25) is 0 Å². The van der Waals surface area contributed by atoms with Gasteiger partial charge in [0, 0.05) is 32.4 Å². The molecule has 2 aliphatic rings. The predicted octanol–water partition coefficient (Wildman–Crippen LogP) is 0.779. The molecule has 2 saturated heterocycles. The van der Waals surface area contributed by atoms with E-state index >= 15 is 0 Å². The lowest BCUT2D eigenvalue weighted by molar-refractivity contribution is -0.132. The predicted molar refractivity (Wildman–Crippen MR) is 77.6 cm³/mol. The molecule has 0 radical (unpaired) electrons. The third-order valence-electron chi connectivity index (χ3n) is 4.23. The molecule has 1 aromatic heterocycles. The molecule has 1 atom stereocenters. The highest BCUT2D eigenvalue weighted by atomic mass is 19.1. The monoisotopic (exact) mass is 306 g/mol. The molecule has 0 aromatic carbocycles. The summed E-state index contributed by atoms with van der Waals surface area (Å²) in [7, 11) is 0. The van der Waals surface area contributed by atoms with Crippen LogP contribution >= 0.6 is 0 Å². The first-order valence-corrected chi connectivity index (χ1v) is 7.57. The van der Waals surface area contributed by atoms with Crippen LogP contribution in [0.15, 0.2) is 18.3 Å². The Morgan fingerprint density at radius 3 is 3.05 bits per heavy atom. The normalized spacial score (nSPS) is 21.9. The summed E-state index contributed by atoms with van der Waals surface area (Å²) in [6.07, 6.45) is 3.20. The number of pyridine rings is 1. The Labute approximate surface area is 128 Å². The van der Waals surface area contributed by atoms with Gasteiger partial charge in [-0.1, -0.05) is 0 Å². The number of carbonyl (C=O) groups excluding carboxylic acids is 2. The minimum Gasteiger partial charge on any atom is -0.340 e. The largest absolute Gasteiger partial charge is 0.340 e. The Bertz CT molecular complexity index is 580. The number of carbonyl (C=O) groups is 2. The van der Waals surface area contributed by atoms with Crippen LogP contribution in [-0.2, 0) is 11.2 Å². The van der Waals surface area contributed by atoms with Gasteiger partial charge in [0.15, 0.2) is 0 Å². The second-order valence-electron chi connectivity index (χ2n) is 5.67. The summed E-state index contributed by atoms with van der Waals surface area (Å²) in [6.45, 7) is 2.50. The lowest BCUT2D eigenvalue weighted by atomic mass is 10.0. The van der Waals surface area contributed by atoms with Crippen molar-refractivity contribution in [3.8, 4) is 0 Å². The zero-order valence-corrected chi connectivity index (χ0v) is 12.3. The SMILES string of the molecule is O=C(Cc1ncccc1F)N1CCCC(N2CCNC2=O)C1. The van der Waals surface area contributed by atoms with Gasteiger partial charge in [0.25, 0.3) is 0 Å². The fraction of sp³-hybridized carbons (Fsp3) is 0.533. The fourth-order valence-corrected chi connectivity index (χ4v) is 3.07. The van der Waals surface area contributed by atoms with E-state index in [0.29, 0.717) is 26.2 Å². The smallest absolute Gasteiger partial charge is 0.317 e. The van der Waals surface area contributed by atoms with Crippen LogP contribution in [0.25, 0.3) is 0 Å². The van der Waals surface area contributed by atoms with Gasteiger partial charge < -0.3 is 15.1 Å². The van der Waals surface area contributed by atoms with E-state index in [2.05, 4.69) is 10.3 Å². The summed E-state index contributed by atoms with van der Waals surface area (Å²) < 4.78 is 13.6. The molecule has 1 unspecified atom stereocenters.